The fraction of sp³-hybridized carbons (Fsp3) is 0.294. The molecule has 1 aliphatic carbocycles. The number of rotatable bonds is 6. The zero-order valence-electron chi connectivity index (χ0n) is 12.8. The van der Waals surface area contributed by atoms with Crippen LogP contribution in [-0.2, 0) is 11.3 Å². The molecular weight excluding hydrogens is 352 g/mol. The van der Waals surface area contributed by atoms with Gasteiger partial charge >= 0.3 is 0 Å². The summed E-state index contributed by atoms with van der Waals surface area (Å²) in [5.74, 6) is -0.165. The van der Waals surface area contributed by atoms with Gasteiger partial charge in [-0.05, 0) is 36.6 Å². The third-order valence-electron chi connectivity index (χ3n) is 3.77. The maximum atomic E-state index is 13.0. The van der Waals surface area contributed by atoms with Gasteiger partial charge in [0.1, 0.15) is 5.82 Å². The molecule has 0 radical (unpaired) electrons. The lowest BCUT2D eigenvalue weighted by atomic mass is 10.2. The van der Waals surface area contributed by atoms with Gasteiger partial charge in [-0.15, -0.1) is 0 Å². The SMILES string of the molecule is O=C(CN(Cc1ccc(F)cc1)C1CC1)Nc1ncc(Cl)cc1Cl. The van der Waals surface area contributed by atoms with Gasteiger partial charge in [0.15, 0.2) is 5.82 Å². The van der Waals surface area contributed by atoms with Crippen molar-refractivity contribution >= 4 is 34.9 Å². The van der Waals surface area contributed by atoms with Crippen LogP contribution in [0.4, 0.5) is 10.2 Å². The Bertz CT molecular complexity index is 735. The minimum atomic E-state index is -0.266. The van der Waals surface area contributed by atoms with E-state index in [0.717, 1.165) is 18.4 Å². The lowest BCUT2D eigenvalue weighted by Crippen LogP contribution is -2.34. The van der Waals surface area contributed by atoms with Crippen LogP contribution in [0.3, 0.4) is 0 Å². The van der Waals surface area contributed by atoms with Crippen molar-refractivity contribution in [2.75, 3.05) is 11.9 Å². The first-order chi connectivity index (χ1) is 11.5. The Morgan fingerprint density at radius 3 is 2.62 bits per heavy atom. The number of carbonyl (C=O) groups excluding carboxylic acids is 1. The number of pyridine rings is 1. The fourth-order valence-corrected chi connectivity index (χ4v) is 2.87. The molecule has 1 fully saturated rings. The smallest absolute Gasteiger partial charge is 0.239 e. The number of anilines is 1. The second-order valence-corrected chi connectivity index (χ2v) is 6.64. The van der Waals surface area contributed by atoms with Gasteiger partial charge in [0.25, 0.3) is 0 Å². The number of hydrogen-bond acceptors (Lipinski definition) is 3. The van der Waals surface area contributed by atoms with E-state index >= 15 is 0 Å². The Hall–Kier alpha value is -1.69. The molecule has 0 aliphatic heterocycles. The first-order valence-electron chi connectivity index (χ1n) is 7.60. The van der Waals surface area contributed by atoms with Crippen LogP contribution in [0, 0.1) is 5.82 Å². The number of halogens is 3. The molecule has 3 rings (SSSR count). The van der Waals surface area contributed by atoms with Crippen LogP contribution in [0.2, 0.25) is 10.0 Å². The molecule has 1 aromatic carbocycles. The monoisotopic (exact) mass is 367 g/mol. The van der Waals surface area contributed by atoms with Gasteiger partial charge in [-0.1, -0.05) is 35.3 Å². The average Bonchev–Trinajstić information content (AvgIpc) is 3.36. The zero-order chi connectivity index (χ0) is 17.1. The topological polar surface area (TPSA) is 45.2 Å². The van der Waals surface area contributed by atoms with Gasteiger partial charge in [-0.3, -0.25) is 9.69 Å². The average molecular weight is 368 g/mol. The van der Waals surface area contributed by atoms with Gasteiger partial charge < -0.3 is 5.32 Å². The first-order valence-corrected chi connectivity index (χ1v) is 8.36. The number of amides is 1. The van der Waals surface area contributed by atoms with Crippen molar-refractivity contribution in [2.45, 2.75) is 25.4 Å². The van der Waals surface area contributed by atoms with Crippen molar-refractivity contribution in [2.24, 2.45) is 0 Å². The molecule has 126 valence electrons. The highest BCUT2D eigenvalue weighted by Gasteiger charge is 2.30. The summed E-state index contributed by atoms with van der Waals surface area (Å²) in [4.78, 5) is 18.4. The molecule has 4 nitrogen and oxygen atoms in total. The van der Waals surface area contributed by atoms with Crippen LogP contribution in [0.15, 0.2) is 36.5 Å². The second-order valence-electron chi connectivity index (χ2n) is 5.79. The van der Waals surface area contributed by atoms with E-state index in [4.69, 9.17) is 23.2 Å². The van der Waals surface area contributed by atoms with E-state index in [1.165, 1.54) is 24.4 Å². The summed E-state index contributed by atoms with van der Waals surface area (Å²) in [5.41, 5.74) is 0.971. The Morgan fingerprint density at radius 2 is 2.00 bits per heavy atom. The lowest BCUT2D eigenvalue weighted by molar-refractivity contribution is -0.117. The van der Waals surface area contributed by atoms with Crippen LogP contribution in [-0.4, -0.2) is 28.4 Å². The Labute approximate surface area is 149 Å². The summed E-state index contributed by atoms with van der Waals surface area (Å²) >= 11 is 11.8. The summed E-state index contributed by atoms with van der Waals surface area (Å²) in [7, 11) is 0. The maximum absolute atomic E-state index is 13.0. The largest absolute Gasteiger partial charge is 0.308 e. The normalized spacial score (nSPS) is 14.0. The minimum absolute atomic E-state index is 0.194. The molecule has 24 heavy (non-hydrogen) atoms. The third-order valence-corrected chi connectivity index (χ3v) is 4.27. The molecular formula is C17H16Cl2FN3O. The quantitative estimate of drug-likeness (QED) is 0.834. The predicted octanol–water partition coefficient (Wildman–Crippen LogP) is 4.13. The minimum Gasteiger partial charge on any atom is -0.308 e. The summed E-state index contributed by atoms with van der Waals surface area (Å²) < 4.78 is 13.0. The molecule has 0 atom stereocenters. The molecule has 0 spiro atoms. The van der Waals surface area contributed by atoms with Gasteiger partial charge in [0.05, 0.1) is 16.6 Å². The van der Waals surface area contributed by atoms with Crippen LogP contribution in [0.1, 0.15) is 18.4 Å². The van der Waals surface area contributed by atoms with E-state index in [9.17, 15) is 9.18 Å². The lowest BCUT2D eigenvalue weighted by Gasteiger charge is -2.21. The van der Waals surface area contributed by atoms with Crippen molar-refractivity contribution in [1.82, 2.24) is 9.88 Å². The second kappa shape index (κ2) is 7.47. The molecule has 7 heteroatoms. The van der Waals surface area contributed by atoms with Crippen molar-refractivity contribution in [1.29, 1.82) is 0 Å². The molecule has 0 bridgehead atoms. The van der Waals surface area contributed by atoms with Gasteiger partial charge in [-0.2, -0.15) is 0 Å². The highest BCUT2D eigenvalue weighted by Crippen LogP contribution is 2.28. The van der Waals surface area contributed by atoms with E-state index in [1.807, 2.05) is 0 Å². The highest BCUT2D eigenvalue weighted by atomic mass is 35.5. The fourth-order valence-electron chi connectivity index (χ4n) is 2.44. The Morgan fingerprint density at radius 1 is 1.29 bits per heavy atom. The van der Waals surface area contributed by atoms with E-state index in [1.54, 1.807) is 12.1 Å². The zero-order valence-corrected chi connectivity index (χ0v) is 14.3. The highest BCUT2D eigenvalue weighted by molar-refractivity contribution is 6.36. The maximum Gasteiger partial charge on any atom is 0.239 e. The molecule has 1 aliphatic rings. The first kappa shape index (κ1) is 17.1. The van der Waals surface area contributed by atoms with Crippen molar-refractivity contribution in [3.63, 3.8) is 0 Å². The molecule has 0 saturated heterocycles. The number of carbonyl (C=O) groups is 1. The van der Waals surface area contributed by atoms with Crippen LogP contribution >= 0.6 is 23.2 Å². The predicted molar refractivity (Wildman–Crippen MR) is 92.7 cm³/mol. The molecule has 0 unspecified atom stereocenters. The molecule has 1 N–H and O–H groups in total. The number of aromatic nitrogens is 1. The Balaban J connectivity index is 1.62. The number of nitrogens with one attached hydrogen (secondary N) is 1. The number of hydrogen-bond donors (Lipinski definition) is 1. The van der Waals surface area contributed by atoms with Crippen molar-refractivity contribution in [3.05, 3.63) is 58.0 Å². The number of nitrogens with zero attached hydrogens (tertiary/aromatic N) is 2. The van der Waals surface area contributed by atoms with Crippen molar-refractivity contribution in [3.8, 4) is 0 Å². The third kappa shape index (κ3) is 4.66. The van der Waals surface area contributed by atoms with Gasteiger partial charge in [0, 0.05) is 18.8 Å². The van der Waals surface area contributed by atoms with E-state index in [2.05, 4.69) is 15.2 Å². The molecule has 1 heterocycles. The Kier molecular flexibility index (Phi) is 5.33. The van der Waals surface area contributed by atoms with Gasteiger partial charge in [0.2, 0.25) is 5.91 Å². The molecule has 1 aromatic heterocycles. The van der Waals surface area contributed by atoms with E-state index in [-0.39, 0.29) is 18.3 Å². The molecule has 2 aromatic rings. The molecule has 1 amide bonds. The summed E-state index contributed by atoms with van der Waals surface area (Å²) in [6.07, 6.45) is 3.56. The van der Waals surface area contributed by atoms with Crippen LogP contribution in [0.5, 0.6) is 0 Å². The standard InChI is InChI=1S/C17H16Cl2FN3O/c18-12-7-15(19)17(21-8-12)22-16(24)10-23(14-5-6-14)9-11-1-3-13(20)4-2-11/h1-4,7-8,14H,5-6,9-10H2,(H,21,22,24). The van der Waals surface area contributed by atoms with Crippen LogP contribution in [0.25, 0.3) is 0 Å². The van der Waals surface area contributed by atoms with E-state index < -0.39 is 0 Å². The van der Waals surface area contributed by atoms with Crippen LogP contribution < -0.4 is 5.32 Å². The summed E-state index contributed by atoms with van der Waals surface area (Å²) in [5, 5.41) is 3.41. The van der Waals surface area contributed by atoms with Crippen molar-refractivity contribution < 1.29 is 9.18 Å². The summed E-state index contributed by atoms with van der Waals surface area (Å²) in [6.45, 7) is 0.822. The van der Waals surface area contributed by atoms with E-state index in [0.29, 0.717) is 28.4 Å². The number of benzene rings is 1. The van der Waals surface area contributed by atoms with Gasteiger partial charge in [-0.25, -0.2) is 9.37 Å². The summed E-state index contributed by atoms with van der Waals surface area (Å²) in [6, 6.07) is 8.24. The molecule has 1 saturated carbocycles.